The fourth-order valence-corrected chi connectivity index (χ4v) is 0.554. The molecule has 7 heteroatoms. The highest BCUT2D eigenvalue weighted by Gasteiger charge is 1.87. The Bertz CT molecular complexity index is 153. The Kier molecular flexibility index (Phi) is 17.9. The van der Waals surface area contributed by atoms with Gasteiger partial charge in [-0.15, -0.1) is 0 Å². The number of hydrogen-bond donors (Lipinski definition) is 2. The second-order valence-electron chi connectivity index (χ2n) is 1.90. The third-order valence-corrected chi connectivity index (χ3v) is 1.03. The highest BCUT2D eigenvalue weighted by atomic mass is 15.1. The van der Waals surface area contributed by atoms with Gasteiger partial charge >= 0.3 is 0 Å². The van der Waals surface area contributed by atoms with Crippen molar-refractivity contribution in [3.05, 3.63) is 16.0 Å². The van der Waals surface area contributed by atoms with Gasteiger partial charge in [-0.05, 0) is 19.4 Å². The first kappa shape index (κ1) is 13.2. The zero-order chi connectivity index (χ0) is 9.66. The standard InChI is InChI=1S/C5H13N4.N3/c6-4-2-1-3-5-8-9-7;1-3-2/h7H,1-6H2;/q+1;-1. The van der Waals surface area contributed by atoms with Crippen LogP contribution < -0.4 is 10.6 Å². The Balaban J connectivity index is 0. The van der Waals surface area contributed by atoms with E-state index in [0.29, 0.717) is 6.54 Å². The minimum atomic E-state index is 0.670. The Morgan fingerprint density at radius 3 is 2.25 bits per heavy atom. The molecule has 0 unspecified atom stereocenters. The van der Waals surface area contributed by atoms with E-state index in [4.69, 9.17) is 22.3 Å². The summed E-state index contributed by atoms with van der Waals surface area (Å²) in [4.78, 5) is 4.38. The van der Waals surface area contributed by atoms with E-state index in [1.54, 1.807) is 0 Å². The lowest BCUT2D eigenvalue weighted by Crippen LogP contribution is -1.97. The fraction of sp³-hybridized carbons (Fsp3) is 1.00. The summed E-state index contributed by atoms with van der Waals surface area (Å²) in [7, 11) is 0. The maximum absolute atomic E-state index is 6.75. The van der Waals surface area contributed by atoms with Crippen molar-refractivity contribution in [2.45, 2.75) is 19.3 Å². The van der Waals surface area contributed by atoms with E-state index in [0.717, 1.165) is 25.8 Å². The molecular weight excluding hydrogens is 158 g/mol. The fourth-order valence-electron chi connectivity index (χ4n) is 0.554. The molecule has 0 aromatic carbocycles. The molecule has 0 amide bonds. The zero-order valence-electron chi connectivity index (χ0n) is 6.85. The van der Waals surface area contributed by atoms with Crippen molar-refractivity contribution in [3.8, 4) is 0 Å². The molecule has 0 aliphatic heterocycles. The molecule has 0 saturated carbocycles. The SMILES string of the molecule is N=[N+]=NCCCCCN.[N-]=[N+]=[N-]. The Labute approximate surface area is 70.6 Å². The first-order chi connectivity index (χ1) is 5.83. The van der Waals surface area contributed by atoms with Gasteiger partial charge in [0.1, 0.15) is 17.2 Å². The minimum absolute atomic E-state index is 0.670. The molecule has 0 fully saturated rings. The van der Waals surface area contributed by atoms with Gasteiger partial charge in [0.2, 0.25) is 4.91 Å². The van der Waals surface area contributed by atoms with Gasteiger partial charge in [0, 0.05) is 0 Å². The Morgan fingerprint density at radius 1 is 1.25 bits per heavy atom. The van der Waals surface area contributed by atoms with Gasteiger partial charge in [-0.1, -0.05) is 6.42 Å². The van der Waals surface area contributed by atoms with Crippen molar-refractivity contribution in [1.29, 1.82) is 5.53 Å². The summed E-state index contributed by atoms with van der Waals surface area (Å²) < 4.78 is 0. The first-order valence-corrected chi connectivity index (χ1v) is 3.55. The van der Waals surface area contributed by atoms with Crippen molar-refractivity contribution in [2.24, 2.45) is 10.8 Å². The van der Waals surface area contributed by atoms with Crippen LogP contribution in [0.15, 0.2) is 5.11 Å². The predicted molar refractivity (Wildman–Crippen MR) is 45.1 cm³/mol. The van der Waals surface area contributed by atoms with E-state index in [-0.39, 0.29) is 0 Å². The number of nitrogens with two attached hydrogens (primary N) is 1. The summed E-state index contributed by atoms with van der Waals surface area (Å²) in [6, 6.07) is 0. The van der Waals surface area contributed by atoms with Crippen LogP contribution >= 0.6 is 0 Å². The first-order valence-electron chi connectivity index (χ1n) is 3.55. The molecule has 0 radical (unpaired) electrons. The molecule has 3 N–H and O–H groups in total. The van der Waals surface area contributed by atoms with Crippen molar-refractivity contribution in [2.75, 3.05) is 13.1 Å². The number of nitrogens with one attached hydrogen (secondary N) is 1. The van der Waals surface area contributed by atoms with Crippen molar-refractivity contribution < 1.29 is 0 Å². The van der Waals surface area contributed by atoms with Crippen LogP contribution in [0.1, 0.15) is 19.3 Å². The maximum Gasteiger partial charge on any atom is 0.214 e. The van der Waals surface area contributed by atoms with Crippen molar-refractivity contribution in [1.82, 2.24) is 4.91 Å². The highest BCUT2D eigenvalue weighted by Crippen LogP contribution is 1.91. The zero-order valence-corrected chi connectivity index (χ0v) is 6.85. The number of nitrogens with zero attached hydrogens (tertiary/aromatic N) is 5. The summed E-state index contributed by atoms with van der Waals surface area (Å²) in [5, 5.41) is 3.49. The lowest BCUT2D eigenvalue weighted by molar-refractivity contribution is 0.674. The highest BCUT2D eigenvalue weighted by molar-refractivity contribution is 4.42. The lowest BCUT2D eigenvalue weighted by Gasteiger charge is -1.88. The second-order valence-corrected chi connectivity index (χ2v) is 1.90. The topological polar surface area (TPSA) is 135 Å². The van der Waals surface area contributed by atoms with E-state index >= 15 is 0 Å². The summed E-state index contributed by atoms with van der Waals surface area (Å²) in [5.74, 6) is 0. The minimum Gasteiger partial charge on any atom is -0.373 e. The van der Waals surface area contributed by atoms with Gasteiger partial charge in [0.15, 0.2) is 0 Å². The average molecular weight is 171 g/mol. The lowest BCUT2D eigenvalue weighted by atomic mass is 10.2. The molecule has 0 atom stereocenters. The monoisotopic (exact) mass is 171 g/mol. The van der Waals surface area contributed by atoms with Crippen LogP contribution in [-0.2, 0) is 0 Å². The van der Waals surface area contributed by atoms with E-state index in [1.165, 1.54) is 4.91 Å². The molecule has 7 nitrogen and oxygen atoms in total. The van der Waals surface area contributed by atoms with Gasteiger partial charge in [-0.3, -0.25) is 4.91 Å². The number of rotatable bonds is 5. The smallest absolute Gasteiger partial charge is 0.214 e. The van der Waals surface area contributed by atoms with Gasteiger partial charge < -0.3 is 16.8 Å². The number of hydrogen-bond acceptors (Lipinski definition) is 3. The van der Waals surface area contributed by atoms with Crippen LogP contribution in [0.5, 0.6) is 0 Å². The molecule has 0 bridgehead atoms. The van der Waals surface area contributed by atoms with Gasteiger partial charge in [-0.2, -0.15) is 0 Å². The van der Waals surface area contributed by atoms with Crippen LogP contribution in [0.4, 0.5) is 0 Å². The summed E-state index contributed by atoms with van der Waals surface area (Å²) in [5.41, 5.74) is 25.1. The van der Waals surface area contributed by atoms with Crippen LogP contribution in [-0.4, -0.2) is 13.1 Å². The summed E-state index contributed by atoms with van der Waals surface area (Å²) >= 11 is 0. The quantitative estimate of drug-likeness (QED) is 0.276. The maximum atomic E-state index is 6.75. The molecule has 68 valence electrons. The number of unbranched alkanes of at least 4 members (excludes halogenated alkanes) is 2. The van der Waals surface area contributed by atoms with Crippen LogP contribution in [0.3, 0.4) is 0 Å². The van der Waals surface area contributed by atoms with Crippen molar-refractivity contribution in [3.63, 3.8) is 0 Å². The van der Waals surface area contributed by atoms with Gasteiger partial charge in [-0.25, -0.2) is 0 Å². The molecule has 0 aliphatic carbocycles. The second kappa shape index (κ2) is 16.3. The third-order valence-electron chi connectivity index (χ3n) is 1.03. The Hall–Kier alpha value is -1.42. The Morgan fingerprint density at radius 2 is 1.83 bits per heavy atom. The third kappa shape index (κ3) is 23.5. The van der Waals surface area contributed by atoms with E-state index < -0.39 is 0 Å². The molecule has 0 aliphatic rings. The molecule has 0 saturated heterocycles. The van der Waals surface area contributed by atoms with Crippen molar-refractivity contribution >= 4 is 0 Å². The van der Waals surface area contributed by atoms with Gasteiger partial charge in [0.05, 0.1) is 0 Å². The molecule has 0 aromatic heterocycles. The average Bonchev–Trinajstić information content (AvgIpc) is 2.06. The van der Waals surface area contributed by atoms with E-state index in [2.05, 4.69) is 10.0 Å². The normalized spacial score (nSPS) is 7.08. The molecule has 0 heterocycles. The molecule has 12 heavy (non-hydrogen) atoms. The summed E-state index contributed by atoms with van der Waals surface area (Å²) in [6.45, 7) is 1.42. The molecular formula is C5H13N7. The van der Waals surface area contributed by atoms with Crippen LogP contribution in [0.25, 0.3) is 16.0 Å². The van der Waals surface area contributed by atoms with E-state index in [1.807, 2.05) is 0 Å². The summed E-state index contributed by atoms with van der Waals surface area (Å²) in [6.07, 6.45) is 3.14. The molecule has 0 aromatic rings. The largest absolute Gasteiger partial charge is 0.373 e. The van der Waals surface area contributed by atoms with Gasteiger partial charge in [0.25, 0.3) is 0 Å². The van der Waals surface area contributed by atoms with Crippen LogP contribution in [0.2, 0.25) is 0 Å². The van der Waals surface area contributed by atoms with E-state index in [9.17, 15) is 0 Å². The van der Waals surface area contributed by atoms with Crippen LogP contribution in [0, 0.1) is 5.53 Å². The predicted octanol–water partition coefficient (Wildman–Crippen LogP) is 1.53. The molecule has 0 spiro atoms. The molecule has 0 rings (SSSR count).